The van der Waals surface area contributed by atoms with E-state index in [2.05, 4.69) is 15.2 Å². The van der Waals surface area contributed by atoms with Gasteiger partial charge >= 0.3 is 5.97 Å². The molecule has 0 radical (unpaired) electrons. The van der Waals surface area contributed by atoms with Gasteiger partial charge in [0.05, 0.1) is 19.2 Å². The number of nitrogens with zero attached hydrogens (tertiary/aromatic N) is 2. The third-order valence-corrected chi connectivity index (χ3v) is 2.96. The summed E-state index contributed by atoms with van der Waals surface area (Å²) in [6.07, 6.45) is 0.145. The van der Waals surface area contributed by atoms with Crippen molar-refractivity contribution in [3.8, 4) is 0 Å². The summed E-state index contributed by atoms with van der Waals surface area (Å²) in [7, 11) is 3.06. The van der Waals surface area contributed by atoms with E-state index in [4.69, 9.17) is 0 Å². The summed E-state index contributed by atoms with van der Waals surface area (Å²) >= 11 is 0. The minimum absolute atomic E-state index is 0.117. The van der Waals surface area contributed by atoms with Crippen LogP contribution in [0.3, 0.4) is 0 Å². The zero-order chi connectivity index (χ0) is 15.5. The summed E-state index contributed by atoms with van der Waals surface area (Å²) in [5, 5.41) is 7.12. The summed E-state index contributed by atoms with van der Waals surface area (Å²) in [5.41, 5.74) is 1.21. The molecule has 6 nitrogen and oxygen atoms in total. The minimum atomic E-state index is -0.349. The molecule has 0 fully saturated rings. The lowest BCUT2D eigenvalue weighted by Crippen LogP contribution is -2.35. The van der Waals surface area contributed by atoms with E-state index in [1.807, 2.05) is 20.8 Å². The van der Waals surface area contributed by atoms with Crippen LogP contribution in [0.25, 0.3) is 0 Å². The molecule has 0 saturated carbocycles. The average Bonchev–Trinajstić information content (AvgIpc) is 2.70. The highest BCUT2D eigenvalue weighted by Gasteiger charge is 2.22. The fourth-order valence-electron chi connectivity index (χ4n) is 1.73. The molecule has 1 aromatic heterocycles. The molecule has 1 heterocycles. The van der Waals surface area contributed by atoms with E-state index in [1.165, 1.54) is 7.11 Å². The number of ether oxygens (including phenoxy) is 1. The highest BCUT2D eigenvalue weighted by molar-refractivity contribution is 5.93. The molecule has 1 rings (SSSR count). The molecular weight excluding hydrogens is 258 g/mol. The topological polar surface area (TPSA) is 73.2 Å². The number of esters is 1. The Bertz CT molecular complexity index is 500. The van der Waals surface area contributed by atoms with Gasteiger partial charge in [-0.15, -0.1) is 0 Å². The van der Waals surface area contributed by atoms with E-state index in [1.54, 1.807) is 24.7 Å². The zero-order valence-corrected chi connectivity index (χ0v) is 13.0. The first kappa shape index (κ1) is 16.2. The maximum atomic E-state index is 12.2. The summed E-state index contributed by atoms with van der Waals surface area (Å²) in [4.78, 5) is 23.3. The molecule has 1 amide bonds. The summed E-state index contributed by atoms with van der Waals surface area (Å²) in [6, 6.07) is 1.49. The van der Waals surface area contributed by atoms with Crippen molar-refractivity contribution in [1.29, 1.82) is 0 Å². The van der Waals surface area contributed by atoms with Gasteiger partial charge in [-0.3, -0.25) is 14.3 Å². The summed E-state index contributed by atoms with van der Waals surface area (Å²) < 4.78 is 6.13. The smallest absolute Gasteiger partial charge is 0.307 e. The Balaban J connectivity index is 2.78. The molecule has 0 bridgehead atoms. The molecule has 1 N–H and O–H groups in total. The van der Waals surface area contributed by atoms with Crippen LogP contribution in [0.5, 0.6) is 0 Å². The Labute approximate surface area is 119 Å². The van der Waals surface area contributed by atoms with Crippen LogP contribution in [0.1, 0.15) is 50.3 Å². The molecule has 0 saturated heterocycles. The lowest BCUT2D eigenvalue weighted by molar-refractivity contribution is -0.141. The highest BCUT2D eigenvalue weighted by Crippen LogP contribution is 2.21. The maximum absolute atomic E-state index is 12.2. The van der Waals surface area contributed by atoms with Gasteiger partial charge in [0, 0.05) is 18.5 Å². The molecular formula is C14H23N3O3. The van der Waals surface area contributed by atoms with E-state index in [0.717, 1.165) is 5.69 Å². The minimum Gasteiger partial charge on any atom is -0.469 e. The van der Waals surface area contributed by atoms with Crippen molar-refractivity contribution < 1.29 is 14.3 Å². The standard InChI is InChI=1S/C14H23N3O3/c1-9(7-12(18)20-6)15-13(19)10-8-11(14(2,3)4)16-17(10)5/h8-9H,7H2,1-6H3,(H,15,19). The van der Waals surface area contributed by atoms with E-state index < -0.39 is 0 Å². The second kappa shape index (κ2) is 6.07. The maximum Gasteiger partial charge on any atom is 0.307 e. The lowest BCUT2D eigenvalue weighted by atomic mass is 9.92. The SMILES string of the molecule is COC(=O)CC(C)NC(=O)c1cc(C(C)(C)C)nn1C. The van der Waals surface area contributed by atoms with Crippen molar-refractivity contribution >= 4 is 11.9 Å². The molecule has 0 aliphatic rings. The van der Waals surface area contributed by atoms with Crippen LogP contribution in [-0.4, -0.2) is 34.8 Å². The Kier molecular flexibility index (Phi) is 4.92. The normalized spacial score (nSPS) is 12.9. The summed E-state index contributed by atoms with van der Waals surface area (Å²) in [6.45, 7) is 7.88. The molecule has 1 aromatic rings. The number of rotatable bonds is 4. The van der Waals surface area contributed by atoms with Crippen molar-refractivity contribution in [2.24, 2.45) is 7.05 Å². The first-order valence-corrected chi connectivity index (χ1v) is 6.57. The number of methoxy groups -OCH3 is 1. The number of hydrogen-bond acceptors (Lipinski definition) is 4. The van der Waals surface area contributed by atoms with Crippen LogP contribution in [0.4, 0.5) is 0 Å². The quantitative estimate of drug-likeness (QED) is 0.847. The molecule has 0 aromatic carbocycles. The third kappa shape index (κ3) is 4.08. The van der Waals surface area contributed by atoms with Crippen molar-refractivity contribution in [3.63, 3.8) is 0 Å². The number of aromatic nitrogens is 2. The van der Waals surface area contributed by atoms with Gasteiger partial charge in [-0.05, 0) is 13.0 Å². The van der Waals surface area contributed by atoms with Crippen LogP contribution in [0.2, 0.25) is 0 Å². The fourth-order valence-corrected chi connectivity index (χ4v) is 1.73. The largest absolute Gasteiger partial charge is 0.469 e. The van der Waals surface area contributed by atoms with Gasteiger partial charge in [-0.25, -0.2) is 0 Å². The van der Waals surface area contributed by atoms with Gasteiger partial charge in [0.1, 0.15) is 5.69 Å². The number of nitrogens with one attached hydrogen (secondary N) is 1. The van der Waals surface area contributed by atoms with Gasteiger partial charge in [-0.1, -0.05) is 20.8 Å². The Morgan fingerprint density at radius 2 is 2.05 bits per heavy atom. The average molecular weight is 281 g/mol. The van der Waals surface area contributed by atoms with Gasteiger partial charge in [0.15, 0.2) is 0 Å². The van der Waals surface area contributed by atoms with E-state index in [0.29, 0.717) is 5.69 Å². The van der Waals surface area contributed by atoms with Gasteiger partial charge in [-0.2, -0.15) is 5.10 Å². The number of aryl methyl sites for hydroxylation is 1. The molecule has 0 aliphatic carbocycles. The molecule has 1 atom stereocenters. The molecule has 1 unspecified atom stereocenters. The monoisotopic (exact) mass is 281 g/mol. The van der Waals surface area contributed by atoms with Crippen molar-refractivity contribution in [1.82, 2.24) is 15.1 Å². The lowest BCUT2D eigenvalue weighted by Gasteiger charge is -2.13. The zero-order valence-electron chi connectivity index (χ0n) is 13.0. The van der Waals surface area contributed by atoms with Crippen LogP contribution in [0.15, 0.2) is 6.07 Å². The number of carbonyl (C=O) groups is 2. The number of amides is 1. The highest BCUT2D eigenvalue weighted by atomic mass is 16.5. The second-order valence-electron chi connectivity index (χ2n) is 5.94. The van der Waals surface area contributed by atoms with Crippen LogP contribution < -0.4 is 5.32 Å². The van der Waals surface area contributed by atoms with Crippen LogP contribution >= 0.6 is 0 Å². The van der Waals surface area contributed by atoms with Crippen molar-refractivity contribution in [2.45, 2.75) is 45.6 Å². The molecule has 20 heavy (non-hydrogen) atoms. The predicted molar refractivity (Wildman–Crippen MR) is 75.5 cm³/mol. The van der Waals surface area contributed by atoms with Crippen LogP contribution in [0, 0.1) is 0 Å². The number of hydrogen-bond donors (Lipinski definition) is 1. The first-order valence-electron chi connectivity index (χ1n) is 6.57. The Morgan fingerprint density at radius 3 is 2.50 bits per heavy atom. The first-order chi connectivity index (χ1) is 9.15. The van der Waals surface area contributed by atoms with Gasteiger partial charge in [0.25, 0.3) is 5.91 Å². The molecule has 0 aliphatic heterocycles. The summed E-state index contributed by atoms with van der Waals surface area (Å²) in [5.74, 6) is -0.593. The Hall–Kier alpha value is -1.85. The van der Waals surface area contributed by atoms with Gasteiger partial charge in [0.2, 0.25) is 0 Å². The molecule has 112 valence electrons. The molecule has 0 spiro atoms. The third-order valence-electron chi connectivity index (χ3n) is 2.96. The van der Waals surface area contributed by atoms with Crippen molar-refractivity contribution in [2.75, 3.05) is 7.11 Å². The number of carbonyl (C=O) groups excluding carboxylic acids is 2. The van der Waals surface area contributed by atoms with E-state index in [-0.39, 0.29) is 29.8 Å². The van der Waals surface area contributed by atoms with E-state index in [9.17, 15) is 9.59 Å². The van der Waals surface area contributed by atoms with E-state index >= 15 is 0 Å². The molecule has 6 heteroatoms. The Morgan fingerprint density at radius 1 is 1.45 bits per heavy atom. The van der Waals surface area contributed by atoms with Crippen LogP contribution in [-0.2, 0) is 22.0 Å². The van der Waals surface area contributed by atoms with Gasteiger partial charge < -0.3 is 10.1 Å². The second-order valence-corrected chi connectivity index (χ2v) is 5.94. The fraction of sp³-hybridized carbons (Fsp3) is 0.643. The van der Waals surface area contributed by atoms with Crippen molar-refractivity contribution in [3.05, 3.63) is 17.5 Å². The predicted octanol–water partition coefficient (Wildman–Crippen LogP) is 1.40.